The van der Waals surface area contributed by atoms with Gasteiger partial charge in [0.15, 0.2) is 0 Å². The number of likely N-dealkylation sites (tertiary alicyclic amines) is 1. The molecule has 1 heterocycles. The number of aliphatic hydroxyl groups is 1. The number of carboxylic acid groups (broad SMARTS) is 2. The van der Waals surface area contributed by atoms with Crippen molar-refractivity contribution in [1.29, 1.82) is 0 Å². The number of hydrogen-bond donors (Lipinski definition) is 4. The van der Waals surface area contributed by atoms with Gasteiger partial charge < -0.3 is 30.3 Å². The highest BCUT2D eigenvalue weighted by Gasteiger charge is 2.11. The first-order valence-electron chi connectivity index (χ1n) is 10.7. The molecule has 1 aliphatic rings. The van der Waals surface area contributed by atoms with Crippen LogP contribution in [0, 0.1) is 0 Å². The molecule has 176 valence electrons. The molecule has 0 amide bonds. The van der Waals surface area contributed by atoms with Crippen LogP contribution in [0.2, 0.25) is 5.02 Å². The van der Waals surface area contributed by atoms with E-state index in [4.69, 9.17) is 36.1 Å². The average Bonchev–Trinajstić information content (AvgIpc) is 3.01. The lowest BCUT2D eigenvalue weighted by molar-refractivity contribution is -0.159. The second-order valence-corrected chi connectivity index (χ2v) is 8.04. The second-order valence-electron chi connectivity index (χ2n) is 7.60. The van der Waals surface area contributed by atoms with E-state index >= 15 is 0 Å². The van der Waals surface area contributed by atoms with Crippen molar-refractivity contribution in [2.45, 2.75) is 51.2 Å². The van der Waals surface area contributed by atoms with Crippen LogP contribution in [-0.4, -0.2) is 77.6 Å². The maximum Gasteiger partial charge on any atom is 0.414 e. The molecule has 0 bridgehead atoms. The fourth-order valence-corrected chi connectivity index (χ4v) is 3.33. The first-order valence-corrected chi connectivity index (χ1v) is 11.1. The molecule has 31 heavy (non-hydrogen) atoms. The molecular formula is C22H35ClN2O6. The van der Waals surface area contributed by atoms with Crippen molar-refractivity contribution in [2.75, 3.05) is 39.3 Å². The van der Waals surface area contributed by atoms with E-state index in [2.05, 4.69) is 10.2 Å². The molecule has 1 saturated heterocycles. The van der Waals surface area contributed by atoms with Gasteiger partial charge in [-0.05, 0) is 70.1 Å². The Morgan fingerprint density at radius 3 is 2.23 bits per heavy atom. The highest BCUT2D eigenvalue weighted by molar-refractivity contribution is 6.30. The van der Waals surface area contributed by atoms with E-state index in [0.29, 0.717) is 13.2 Å². The van der Waals surface area contributed by atoms with E-state index in [-0.39, 0.29) is 6.10 Å². The normalized spacial score (nSPS) is 16.5. The van der Waals surface area contributed by atoms with Crippen LogP contribution in [-0.2, 0) is 14.3 Å². The molecule has 1 fully saturated rings. The average molecular weight is 459 g/mol. The monoisotopic (exact) mass is 458 g/mol. The van der Waals surface area contributed by atoms with Gasteiger partial charge in [-0.2, -0.15) is 0 Å². The van der Waals surface area contributed by atoms with Crippen LogP contribution in [0.3, 0.4) is 0 Å². The van der Waals surface area contributed by atoms with Gasteiger partial charge in [0, 0.05) is 11.6 Å². The Hall–Kier alpha value is -1.71. The predicted octanol–water partition coefficient (Wildman–Crippen LogP) is 2.79. The number of carbonyl (C=O) groups is 2. The highest BCUT2D eigenvalue weighted by Crippen LogP contribution is 2.19. The second kappa shape index (κ2) is 16.0. The molecule has 0 radical (unpaired) electrons. The number of carboxylic acids is 2. The molecule has 1 aromatic rings. The van der Waals surface area contributed by atoms with Crippen molar-refractivity contribution in [1.82, 2.24) is 10.2 Å². The topological polar surface area (TPSA) is 119 Å². The van der Waals surface area contributed by atoms with Crippen LogP contribution < -0.4 is 5.32 Å². The van der Waals surface area contributed by atoms with E-state index in [1.165, 1.54) is 38.8 Å². The lowest BCUT2D eigenvalue weighted by atomic mass is 10.1. The molecule has 1 aliphatic heterocycles. The van der Waals surface area contributed by atoms with Gasteiger partial charge in [-0.3, -0.25) is 0 Å². The molecule has 0 spiro atoms. The van der Waals surface area contributed by atoms with Crippen molar-refractivity contribution in [3.05, 3.63) is 34.9 Å². The summed E-state index contributed by atoms with van der Waals surface area (Å²) in [4.78, 5) is 20.8. The summed E-state index contributed by atoms with van der Waals surface area (Å²) in [6.45, 7) is 7.51. The molecule has 8 nitrogen and oxygen atoms in total. The maximum absolute atomic E-state index is 10.1. The summed E-state index contributed by atoms with van der Waals surface area (Å²) >= 11 is 5.89. The Labute approximate surface area is 189 Å². The first-order chi connectivity index (χ1) is 14.8. The number of benzene rings is 1. The molecule has 2 unspecified atom stereocenters. The molecule has 2 rings (SSSR count). The summed E-state index contributed by atoms with van der Waals surface area (Å²) < 4.78 is 5.75. The summed E-state index contributed by atoms with van der Waals surface area (Å²) in [5.41, 5.74) is 1.07. The number of rotatable bonds is 10. The van der Waals surface area contributed by atoms with Gasteiger partial charge >= 0.3 is 11.9 Å². The summed E-state index contributed by atoms with van der Waals surface area (Å²) in [7, 11) is 0. The van der Waals surface area contributed by atoms with Gasteiger partial charge in [0.2, 0.25) is 0 Å². The van der Waals surface area contributed by atoms with E-state index in [1.54, 1.807) is 0 Å². The smallest absolute Gasteiger partial charge is 0.414 e. The van der Waals surface area contributed by atoms with E-state index in [0.717, 1.165) is 30.1 Å². The van der Waals surface area contributed by atoms with Gasteiger partial charge in [-0.15, -0.1) is 0 Å². The van der Waals surface area contributed by atoms with E-state index < -0.39 is 18.0 Å². The third-order valence-electron chi connectivity index (χ3n) is 4.97. The minimum atomic E-state index is -1.82. The molecular weight excluding hydrogens is 424 g/mol. The number of nitrogens with one attached hydrogen (secondary N) is 1. The zero-order valence-electron chi connectivity index (χ0n) is 18.1. The first kappa shape index (κ1) is 27.3. The molecule has 9 heteroatoms. The van der Waals surface area contributed by atoms with Crippen molar-refractivity contribution in [3.63, 3.8) is 0 Å². The Morgan fingerprint density at radius 2 is 1.68 bits per heavy atom. The van der Waals surface area contributed by atoms with E-state index in [9.17, 15) is 5.11 Å². The fraction of sp³-hybridized carbons (Fsp3) is 0.636. The number of nitrogens with zero attached hydrogens (tertiary/aromatic N) is 1. The maximum atomic E-state index is 10.1. The third kappa shape index (κ3) is 13.3. The summed E-state index contributed by atoms with van der Waals surface area (Å²) in [5, 5.41) is 28.9. The quantitative estimate of drug-likeness (QED) is 0.312. The van der Waals surface area contributed by atoms with Crippen LogP contribution in [0.4, 0.5) is 0 Å². The van der Waals surface area contributed by atoms with Gasteiger partial charge in [0.25, 0.3) is 0 Å². The number of ether oxygens (including phenoxy) is 1. The number of aliphatic carboxylic acids is 2. The van der Waals surface area contributed by atoms with Gasteiger partial charge in [-0.1, -0.05) is 36.6 Å². The van der Waals surface area contributed by atoms with E-state index in [1.807, 2.05) is 31.2 Å². The molecule has 1 aromatic carbocycles. The van der Waals surface area contributed by atoms with Gasteiger partial charge in [0.05, 0.1) is 18.8 Å². The Kier molecular flexibility index (Phi) is 14.1. The standard InChI is InChI=1S/C20H33ClN2O2.C2H2O4/c1-17(18-7-9-19(21)10-8-18)25-16-20(24)15-22-11-6-14-23-12-4-2-3-5-13-23;3-1(4)2(5)6/h7-10,17,20,22,24H,2-6,11-16H2,1H3;(H,3,4)(H,5,6). The summed E-state index contributed by atoms with van der Waals surface area (Å²) in [6.07, 6.45) is 6.06. The van der Waals surface area contributed by atoms with Gasteiger partial charge in [0.1, 0.15) is 0 Å². The molecule has 0 saturated carbocycles. The molecule has 4 N–H and O–H groups in total. The van der Waals surface area contributed by atoms with Crippen molar-refractivity contribution < 1.29 is 29.6 Å². The Bertz CT molecular complexity index is 623. The van der Waals surface area contributed by atoms with Crippen LogP contribution in [0.1, 0.15) is 50.7 Å². The lowest BCUT2D eigenvalue weighted by Gasteiger charge is -2.20. The molecule has 2 atom stereocenters. The zero-order chi connectivity index (χ0) is 23.1. The Morgan fingerprint density at radius 1 is 1.10 bits per heavy atom. The predicted molar refractivity (Wildman–Crippen MR) is 119 cm³/mol. The van der Waals surface area contributed by atoms with Crippen molar-refractivity contribution >= 4 is 23.5 Å². The van der Waals surface area contributed by atoms with Crippen LogP contribution in [0.25, 0.3) is 0 Å². The van der Waals surface area contributed by atoms with Crippen LogP contribution in [0.15, 0.2) is 24.3 Å². The van der Waals surface area contributed by atoms with Crippen molar-refractivity contribution in [2.24, 2.45) is 0 Å². The number of halogens is 1. The SMILES string of the molecule is CC(OCC(O)CNCCCN1CCCCCC1)c1ccc(Cl)cc1.O=C(O)C(=O)O. The minimum absolute atomic E-state index is 0.0463. The van der Waals surface area contributed by atoms with Crippen LogP contribution in [0.5, 0.6) is 0 Å². The van der Waals surface area contributed by atoms with Crippen molar-refractivity contribution in [3.8, 4) is 0 Å². The minimum Gasteiger partial charge on any atom is -0.473 e. The Balaban J connectivity index is 0.000000703. The number of hydrogen-bond acceptors (Lipinski definition) is 6. The molecule has 0 aliphatic carbocycles. The van der Waals surface area contributed by atoms with Gasteiger partial charge in [-0.25, -0.2) is 9.59 Å². The zero-order valence-corrected chi connectivity index (χ0v) is 18.9. The van der Waals surface area contributed by atoms with Crippen LogP contribution >= 0.6 is 11.6 Å². The largest absolute Gasteiger partial charge is 0.473 e. The lowest BCUT2D eigenvalue weighted by Crippen LogP contribution is -2.33. The third-order valence-corrected chi connectivity index (χ3v) is 5.22. The number of aliphatic hydroxyl groups excluding tert-OH is 1. The summed E-state index contributed by atoms with van der Waals surface area (Å²) in [6, 6.07) is 7.64. The summed E-state index contributed by atoms with van der Waals surface area (Å²) in [5.74, 6) is -3.65. The highest BCUT2D eigenvalue weighted by atomic mass is 35.5. The fourth-order valence-electron chi connectivity index (χ4n) is 3.20. The molecule has 0 aromatic heterocycles.